The molecular formula is C11H20N2O2. The molecule has 1 heterocycles. The number of rotatable bonds is 0. The Bertz CT molecular complexity index is 256. The van der Waals surface area contributed by atoms with Crippen molar-refractivity contribution >= 4 is 6.09 Å². The van der Waals surface area contributed by atoms with Crippen molar-refractivity contribution in [3.63, 3.8) is 0 Å². The molecule has 1 aliphatic heterocycles. The van der Waals surface area contributed by atoms with Gasteiger partial charge in [0, 0.05) is 18.8 Å². The van der Waals surface area contributed by atoms with E-state index in [2.05, 4.69) is 0 Å². The first-order chi connectivity index (χ1) is 6.88. The molecule has 4 nitrogen and oxygen atoms in total. The van der Waals surface area contributed by atoms with Crippen molar-refractivity contribution in [1.29, 1.82) is 0 Å². The summed E-state index contributed by atoms with van der Waals surface area (Å²) in [6.45, 7) is 6.09. The molecule has 0 aliphatic carbocycles. The van der Waals surface area contributed by atoms with Crippen LogP contribution in [0.15, 0.2) is 12.3 Å². The number of ether oxygens (including phenoxy) is 1. The molecule has 0 fully saturated rings. The van der Waals surface area contributed by atoms with Gasteiger partial charge in [0.15, 0.2) is 0 Å². The fourth-order valence-corrected chi connectivity index (χ4v) is 1.37. The summed E-state index contributed by atoms with van der Waals surface area (Å²) in [5.41, 5.74) is 5.38. The third-order valence-electron chi connectivity index (χ3n) is 2.05. The van der Waals surface area contributed by atoms with Gasteiger partial charge in [-0.1, -0.05) is 6.08 Å². The highest BCUT2D eigenvalue weighted by atomic mass is 16.6. The van der Waals surface area contributed by atoms with E-state index in [0.717, 1.165) is 12.8 Å². The quantitative estimate of drug-likeness (QED) is 0.666. The molecule has 86 valence electrons. The summed E-state index contributed by atoms with van der Waals surface area (Å²) in [7, 11) is 0. The van der Waals surface area contributed by atoms with E-state index in [1.165, 1.54) is 0 Å². The maximum absolute atomic E-state index is 11.7. The maximum atomic E-state index is 11.7. The topological polar surface area (TPSA) is 55.6 Å². The fourth-order valence-electron chi connectivity index (χ4n) is 1.37. The van der Waals surface area contributed by atoms with E-state index in [9.17, 15) is 4.79 Å². The van der Waals surface area contributed by atoms with Gasteiger partial charge in [0.05, 0.1) is 0 Å². The molecule has 0 radical (unpaired) electrons. The van der Waals surface area contributed by atoms with Crippen molar-refractivity contribution in [2.75, 3.05) is 6.54 Å². The summed E-state index contributed by atoms with van der Waals surface area (Å²) in [4.78, 5) is 13.3. The van der Waals surface area contributed by atoms with Gasteiger partial charge in [-0.25, -0.2) is 4.79 Å². The number of hydrogen-bond donors (Lipinski definition) is 1. The van der Waals surface area contributed by atoms with E-state index < -0.39 is 5.60 Å². The van der Waals surface area contributed by atoms with E-state index in [1.54, 1.807) is 11.1 Å². The van der Waals surface area contributed by atoms with Crippen LogP contribution in [0, 0.1) is 0 Å². The van der Waals surface area contributed by atoms with Crippen LogP contribution in [0.3, 0.4) is 0 Å². The minimum Gasteiger partial charge on any atom is -0.443 e. The molecule has 0 spiro atoms. The highest BCUT2D eigenvalue weighted by Gasteiger charge is 2.22. The number of nitrogens with zero attached hydrogens (tertiary/aromatic N) is 1. The van der Waals surface area contributed by atoms with Crippen LogP contribution in [-0.4, -0.2) is 29.2 Å². The third-order valence-corrected chi connectivity index (χ3v) is 2.05. The lowest BCUT2D eigenvalue weighted by atomic mass is 10.2. The highest BCUT2D eigenvalue weighted by molar-refractivity contribution is 5.69. The average molecular weight is 212 g/mol. The number of carbonyl (C=O) groups excluding carboxylic acids is 1. The van der Waals surface area contributed by atoms with E-state index in [4.69, 9.17) is 10.5 Å². The lowest BCUT2D eigenvalue weighted by Gasteiger charge is -2.25. The molecule has 0 aromatic carbocycles. The first-order valence-electron chi connectivity index (χ1n) is 5.30. The predicted octanol–water partition coefficient (Wildman–Crippen LogP) is 1.86. The second kappa shape index (κ2) is 4.66. The van der Waals surface area contributed by atoms with Crippen LogP contribution < -0.4 is 5.73 Å². The number of carbonyl (C=O) groups is 1. The van der Waals surface area contributed by atoms with Crippen LogP contribution in [0.4, 0.5) is 4.79 Å². The molecule has 0 saturated carbocycles. The van der Waals surface area contributed by atoms with Crippen molar-refractivity contribution in [1.82, 2.24) is 4.90 Å². The van der Waals surface area contributed by atoms with Crippen molar-refractivity contribution in [2.45, 2.75) is 45.3 Å². The first kappa shape index (κ1) is 12.0. The Balaban J connectivity index is 2.58. The summed E-state index contributed by atoms with van der Waals surface area (Å²) >= 11 is 0. The zero-order valence-electron chi connectivity index (χ0n) is 9.69. The van der Waals surface area contributed by atoms with Gasteiger partial charge in [-0.15, -0.1) is 0 Å². The number of hydrogen-bond acceptors (Lipinski definition) is 3. The first-order valence-corrected chi connectivity index (χ1v) is 5.30. The van der Waals surface area contributed by atoms with E-state index in [0.29, 0.717) is 6.54 Å². The standard InChI is InChI=1S/C11H20N2O2/c1-11(2,3)15-10(14)13-7-5-4-6-9(12)8-13/h5,7,9H,4,6,8,12H2,1-3H3. The van der Waals surface area contributed by atoms with Gasteiger partial charge >= 0.3 is 6.09 Å². The van der Waals surface area contributed by atoms with Crippen molar-refractivity contribution in [2.24, 2.45) is 5.73 Å². The van der Waals surface area contributed by atoms with Gasteiger partial charge in [-0.3, -0.25) is 4.90 Å². The summed E-state index contributed by atoms with van der Waals surface area (Å²) < 4.78 is 5.26. The predicted molar refractivity (Wildman–Crippen MR) is 59.3 cm³/mol. The Labute approximate surface area is 91.1 Å². The molecular weight excluding hydrogens is 192 g/mol. The Kier molecular flexibility index (Phi) is 3.74. The maximum Gasteiger partial charge on any atom is 0.414 e. The normalized spacial score (nSPS) is 22.4. The molecule has 1 rings (SSSR count). The number of allylic oxidation sites excluding steroid dienone is 1. The van der Waals surface area contributed by atoms with Gasteiger partial charge < -0.3 is 10.5 Å². The second-order valence-electron chi connectivity index (χ2n) is 4.85. The summed E-state index contributed by atoms with van der Waals surface area (Å²) in [6, 6.07) is 0.0347. The van der Waals surface area contributed by atoms with Crippen LogP contribution in [0.2, 0.25) is 0 Å². The van der Waals surface area contributed by atoms with Crippen molar-refractivity contribution in [3.05, 3.63) is 12.3 Å². The zero-order valence-corrected chi connectivity index (χ0v) is 9.69. The summed E-state index contributed by atoms with van der Waals surface area (Å²) in [5.74, 6) is 0. The summed E-state index contributed by atoms with van der Waals surface area (Å²) in [5, 5.41) is 0. The van der Waals surface area contributed by atoms with Crippen LogP contribution in [0.5, 0.6) is 0 Å². The lowest BCUT2D eigenvalue weighted by molar-refractivity contribution is 0.0329. The summed E-state index contributed by atoms with van der Waals surface area (Å²) in [6.07, 6.45) is 5.23. The molecule has 1 unspecified atom stereocenters. The Hall–Kier alpha value is -1.03. The van der Waals surface area contributed by atoms with Gasteiger partial charge in [-0.05, 0) is 33.6 Å². The van der Waals surface area contributed by atoms with E-state index >= 15 is 0 Å². The van der Waals surface area contributed by atoms with Crippen LogP contribution in [0.1, 0.15) is 33.6 Å². The molecule has 0 aromatic heterocycles. The highest BCUT2D eigenvalue weighted by Crippen LogP contribution is 2.13. The smallest absolute Gasteiger partial charge is 0.414 e. The molecule has 0 saturated heterocycles. The van der Waals surface area contributed by atoms with E-state index in [-0.39, 0.29) is 12.1 Å². The molecule has 1 atom stereocenters. The SMILES string of the molecule is CC(C)(C)OC(=O)N1C=CCCC(N)C1. The molecule has 1 aliphatic rings. The Morgan fingerprint density at radius 3 is 2.80 bits per heavy atom. The molecule has 4 heteroatoms. The van der Waals surface area contributed by atoms with Gasteiger partial charge in [0.1, 0.15) is 5.60 Å². The molecule has 0 aromatic rings. The monoisotopic (exact) mass is 212 g/mol. The molecule has 2 N–H and O–H groups in total. The van der Waals surface area contributed by atoms with Crippen molar-refractivity contribution < 1.29 is 9.53 Å². The lowest BCUT2D eigenvalue weighted by Crippen LogP contribution is -2.39. The van der Waals surface area contributed by atoms with Crippen LogP contribution in [-0.2, 0) is 4.74 Å². The zero-order chi connectivity index (χ0) is 11.5. The molecule has 15 heavy (non-hydrogen) atoms. The minimum absolute atomic E-state index is 0.0347. The van der Waals surface area contributed by atoms with Crippen molar-refractivity contribution in [3.8, 4) is 0 Å². The second-order valence-corrected chi connectivity index (χ2v) is 4.85. The Morgan fingerprint density at radius 1 is 1.53 bits per heavy atom. The van der Waals surface area contributed by atoms with Crippen LogP contribution >= 0.6 is 0 Å². The fraction of sp³-hybridized carbons (Fsp3) is 0.727. The molecule has 0 bridgehead atoms. The Morgan fingerprint density at radius 2 is 2.20 bits per heavy atom. The average Bonchev–Trinajstić information content (AvgIpc) is 2.26. The largest absolute Gasteiger partial charge is 0.443 e. The number of amides is 1. The number of nitrogens with two attached hydrogens (primary N) is 1. The third kappa shape index (κ3) is 4.34. The molecule has 1 amide bonds. The minimum atomic E-state index is -0.457. The van der Waals surface area contributed by atoms with E-state index in [1.807, 2.05) is 26.8 Å². The van der Waals surface area contributed by atoms with Crippen LogP contribution in [0.25, 0.3) is 0 Å². The van der Waals surface area contributed by atoms with Gasteiger partial charge in [0.2, 0.25) is 0 Å². The van der Waals surface area contributed by atoms with Gasteiger partial charge in [0.25, 0.3) is 0 Å². The van der Waals surface area contributed by atoms with Gasteiger partial charge in [-0.2, -0.15) is 0 Å².